The number of nitrogens with zero attached hydrogens (tertiary/aromatic N) is 3. The minimum atomic E-state index is -0.511. The van der Waals surface area contributed by atoms with Gasteiger partial charge in [0, 0.05) is 11.8 Å². The summed E-state index contributed by atoms with van der Waals surface area (Å²) in [7, 11) is 1.59. The van der Waals surface area contributed by atoms with Crippen LogP contribution in [0.4, 0.5) is 5.82 Å². The van der Waals surface area contributed by atoms with Gasteiger partial charge in [-0.2, -0.15) is 0 Å². The molecule has 0 fully saturated rings. The lowest BCUT2D eigenvalue weighted by molar-refractivity contribution is -0.115. The van der Waals surface area contributed by atoms with Crippen LogP contribution in [0.2, 0.25) is 10.0 Å². The fourth-order valence-corrected chi connectivity index (χ4v) is 3.15. The van der Waals surface area contributed by atoms with E-state index in [4.69, 9.17) is 32.4 Å². The number of halogens is 2. The zero-order valence-electron chi connectivity index (χ0n) is 14.3. The molecule has 0 aliphatic rings. The molecule has 0 saturated heterocycles. The van der Waals surface area contributed by atoms with Crippen molar-refractivity contribution < 1.29 is 13.9 Å². The molecule has 7 nitrogen and oxygen atoms in total. The minimum absolute atomic E-state index is 0.239. The Morgan fingerprint density at radius 1 is 1.26 bits per heavy atom. The van der Waals surface area contributed by atoms with Gasteiger partial charge in [-0.15, -0.1) is 10.2 Å². The average Bonchev–Trinajstić information content (AvgIpc) is 3.12. The van der Waals surface area contributed by atoms with Gasteiger partial charge in [-0.3, -0.25) is 4.79 Å². The highest BCUT2D eigenvalue weighted by Gasteiger charge is 2.20. The monoisotopic (exact) mass is 424 g/mol. The second kappa shape index (κ2) is 8.60. The molecule has 140 valence electrons. The molecule has 3 rings (SSSR count). The van der Waals surface area contributed by atoms with Crippen LogP contribution in [-0.2, 0) is 4.79 Å². The Morgan fingerprint density at radius 2 is 2.00 bits per heavy atom. The minimum Gasteiger partial charge on any atom is -0.497 e. The van der Waals surface area contributed by atoms with Crippen molar-refractivity contribution in [3.05, 3.63) is 46.6 Å². The second-order valence-corrected chi connectivity index (χ2v) is 7.47. The van der Waals surface area contributed by atoms with Gasteiger partial charge in [0.2, 0.25) is 11.8 Å². The van der Waals surface area contributed by atoms with Gasteiger partial charge in [0.25, 0.3) is 5.22 Å². The topological polar surface area (TPSA) is 90.1 Å². The molecular formula is C17H14Cl2N4O3S. The summed E-state index contributed by atoms with van der Waals surface area (Å²) >= 11 is 12.9. The predicted molar refractivity (Wildman–Crippen MR) is 104 cm³/mol. The van der Waals surface area contributed by atoms with Crippen molar-refractivity contribution in [2.24, 2.45) is 0 Å². The highest BCUT2D eigenvalue weighted by molar-refractivity contribution is 8.00. The van der Waals surface area contributed by atoms with Crippen LogP contribution in [0.3, 0.4) is 0 Å². The SMILES string of the molecule is COc1ccc(-c2nnc(SC(C)C(=O)Nc3ncc(Cl)cc3Cl)o2)cc1. The van der Waals surface area contributed by atoms with Crippen LogP contribution < -0.4 is 10.1 Å². The molecule has 0 spiro atoms. The van der Waals surface area contributed by atoms with E-state index < -0.39 is 5.25 Å². The first-order valence-electron chi connectivity index (χ1n) is 7.72. The van der Waals surface area contributed by atoms with Gasteiger partial charge in [0.05, 0.1) is 22.4 Å². The first kappa shape index (κ1) is 19.5. The molecule has 1 N–H and O–H groups in total. The lowest BCUT2D eigenvalue weighted by atomic mass is 10.2. The molecule has 1 amide bonds. The fourth-order valence-electron chi connectivity index (χ4n) is 2.04. The van der Waals surface area contributed by atoms with Crippen LogP contribution in [0.25, 0.3) is 11.5 Å². The molecule has 0 bridgehead atoms. The third-order valence-electron chi connectivity index (χ3n) is 3.44. The largest absolute Gasteiger partial charge is 0.497 e. The predicted octanol–water partition coefficient (Wildman–Crippen LogP) is 4.57. The standard InChI is InChI=1S/C17H14Cl2N4O3S/c1-9(15(24)21-14-13(19)7-11(18)8-20-14)27-17-23-22-16(26-17)10-3-5-12(25-2)6-4-10/h3-9H,1-2H3,(H,20,21,24). The number of hydrogen-bond donors (Lipinski definition) is 1. The van der Waals surface area contributed by atoms with Crippen molar-refractivity contribution in [2.75, 3.05) is 12.4 Å². The number of pyridine rings is 1. The quantitative estimate of drug-likeness (QED) is 0.579. The smallest absolute Gasteiger partial charge is 0.277 e. The molecule has 27 heavy (non-hydrogen) atoms. The molecule has 0 radical (unpaired) electrons. The number of carbonyl (C=O) groups excluding carboxylic acids is 1. The van der Waals surface area contributed by atoms with E-state index in [1.54, 1.807) is 26.2 Å². The lowest BCUT2D eigenvalue weighted by Gasteiger charge is -2.10. The maximum absolute atomic E-state index is 12.3. The van der Waals surface area contributed by atoms with Crippen LogP contribution in [0.15, 0.2) is 46.2 Å². The number of ether oxygens (including phenoxy) is 1. The van der Waals surface area contributed by atoms with E-state index in [-0.39, 0.29) is 22.0 Å². The average molecular weight is 425 g/mol. The molecule has 0 saturated carbocycles. The van der Waals surface area contributed by atoms with Crippen molar-refractivity contribution in [2.45, 2.75) is 17.4 Å². The van der Waals surface area contributed by atoms with E-state index in [0.717, 1.165) is 23.1 Å². The van der Waals surface area contributed by atoms with Gasteiger partial charge >= 0.3 is 0 Å². The summed E-state index contributed by atoms with van der Waals surface area (Å²) in [6.07, 6.45) is 1.40. The number of anilines is 1. The number of methoxy groups -OCH3 is 1. The summed E-state index contributed by atoms with van der Waals surface area (Å²) in [6.45, 7) is 1.71. The molecule has 1 aromatic carbocycles. The number of benzene rings is 1. The number of carbonyl (C=O) groups is 1. The van der Waals surface area contributed by atoms with E-state index >= 15 is 0 Å². The van der Waals surface area contributed by atoms with Crippen molar-refractivity contribution in [3.8, 4) is 17.2 Å². The molecule has 1 unspecified atom stereocenters. The van der Waals surface area contributed by atoms with E-state index in [9.17, 15) is 4.79 Å². The van der Waals surface area contributed by atoms with Crippen LogP contribution in [0, 0.1) is 0 Å². The van der Waals surface area contributed by atoms with Gasteiger partial charge in [-0.05, 0) is 37.3 Å². The summed E-state index contributed by atoms with van der Waals surface area (Å²) in [5.41, 5.74) is 0.754. The van der Waals surface area contributed by atoms with Crippen molar-refractivity contribution in [1.29, 1.82) is 0 Å². The Bertz CT molecular complexity index is 950. The van der Waals surface area contributed by atoms with Crippen LogP contribution in [-0.4, -0.2) is 33.4 Å². The number of thioether (sulfide) groups is 1. The number of nitrogens with one attached hydrogen (secondary N) is 1. The lowest BCUT2D eigenvalue weighted by Crippen LogP contribution is -2.23. The third kappa shape index (κ3) is 4.91. The van der Waals surface area contributed by atoms with Crippen molar-refractivity contribution in [1.82, 2.24) is 15.2 Å². The van der Waals surface area contributed by atoms with Gasteiger partial charge in [0.1, 0.15) is 5.75 Å². The Balaban J connectivity index is 1.64. The molecule has 1 atom stereocenters. The Morgan fingerprint density at radius 3 is 2.67 bits per heavy atom. The Kier molecular flexibility index (Phi) is 6.20. The zero-order chi connectivity index (χ0) is 19.4. The zero-order valence-corrected chi connectivity index (χ0v) is 16.6. The summed E-state index contributed by atoms with van der Waals surface area (Å²) in [4.78, 5) is 16.3. The summed E-state index contributed by atoms with van der Waals surface area (Å²) < 4.78 is 10.7. The molecule has 10 heteroatoms. The summed E-state index contributed by atoms with van der Waals surface area (Å²) in [5.74, 6) is 1.02. The fraction of sp³-hybridized carbons (Fsp3) is 0.176. The molecule has 0 aliphatic heterocycles. The molecule has 2 aromatic heterocycles. The van der Waals surface area contributed by atoms with Gasteiger partial charge < -0.3 is 14.5 Å². The maximum Gasteiger partial charge on any atom is 0.277 e. The van der Waals surface area contributed by atoms with Gasteiger partial charge in [-0.1, -0.05) is 35.0 Å². The number of amides is 1. The Hall–Kier alpha value is -2.29. The third-order valence-corrected chi connectivity index (χ3v) is 4.87. The highest BCUT2D eigenvalue weighted by atomic mass is 35.5. The molecule has 3 aromatic rings. The molecule has 2 heterocycles. The van der Waals surface area contributed by atoms with Crippen molar-refractivity contribution in [3.63, 3.8) is 0 Å². The van der Waals surface area contributed by atoms with Crippen LogP contribution in [0.1, 0.15) is 6.92 Å². The molecule has 0 aliphatic carbocycles. The second-order valence-electron chi connectivity index (χ2n) is 5.33. The normalized spacial score (nSPS) is 11.9. The van der Waals surface area contributed by atoms with E-state index in [1.165, 1.54) is 12.3 Å². The van der Waals surface area contributed by atoms with Gasteiger partial charge in [-0.25, -0.2) is 4.98 Å². The Labute approximate surface area is 169 Å². The summed E-state index contributed by atoms with van der Waals surface area (Å²) in [5, 5.41) is 11.0. The van der Waals surface area contributed by atoms with E-state index in [0.29, 0.717) is 10.9 Å². The van der Waals surface area contributed by atoms with E-state index in [1.807, 2.05) is 12.1 Å². The van der Waals surface area contributed by atoms with Crippen LogP contribution in [0.5, 0.6) is 5.75 Å². The first-order valence-corrected chi connectivity index (χ1v) is 9.36. The molecular weight excluding hydrogens is 411 g/mol. The van der Waals surface area contributed by atoms with Gasteiger partial charge in [0.15, 0.2) is 5.82 Å². The number of aromatic nitrogens is 3. The number of rotatable bonds is 6. The van der Waals surface area contributed by atoms with Crippen molar-refractivity contribution >= 4 is 46.7 Å². The maximum atomic E-state index is 12.3. The summed E-state index contributed by atoms with van der Waals surface area (Å²) in [6, 6.07) is 8.72. The van der Waals surface area contributed by atoms with E-state index in [2.05, 4.69) is 20.5 Å². The van der Waals surface area contributed by atoms with Crippen LogP contribution >= 0.6 is 35.0 Å². The first-order chi connectivity index (χ1) is 13.0. The number of hydrogen-bond acceptors (Lipinski definition) is 7. The highest BCUT2D eigenvalue weighted by Crippen LogP contribution is 2.28.